The summed E-state index contributed by atoms with van der Waals surface area (Å²) in [7, 11) is 3.19. The zero-order chi connectivity index (χ0) is 18.4. The van der Waals surface area contributed by atoms with Gasteiger partial charge in [0.15, 0.2) is 0 Å². The molecule has 7 heteroatoms. The van der Waals surface area contributed by atoms with Crippen molar-refractivity contribution in [3.8, 4) is 28.8 Å². The lowest BCUT2D eigenvalue weighted by molar-refractivity contribution is 0.381. The van der Waals surface area contributed by atoms with Gasteiger partial charge in [-0.15, -0.1) is 12.4 Å². The number of nitrogens with one attached hydrogen (secondary N) is 1. The second kappa shape index (κ2) is 9.64. The van der Waals surface area contributed by atoms with E-state index >= 15 is 0 Å². The summed E-state index contributed by atoms with van der Waals surface area (Å²) in [4.78, 5) is 8.68. The van der Waals surface area contributed by atoms with Crippen molar-refractivity contribution < 1.29 is 14.6 Å². The van der Waals surface area contributed by atoms with E-state index in [1.807, 2.05) is 36.4 Å². The summed E-state index contributed by atoms with van der Waals surface area (Å²) in [5.41, 5.74) is 2.68. The topological polar surface area (TPSA) is 76.5 Å². The molecule has 0 radical (unpaired) electrons. The minimum atomic E-state index is 0. The van der Waals surface area contributed by atoms with Gasteiger partial charge in [-0.25, -0.2) is 0 Å². The van der Waals surface area contributed by atoms with Gasteiger partial charge in [0.1, 0.15) is 17.3 Å². The molecule has 2 aromatic carbocycles. The second-order valence-corrected chi connectivity index (χ2v) is 5.70. The fraction of sp³-hybridized carbons (Fsp3) is 0.200. The zero-order valence-corrected chi connectivity index (χ0v) is 16.0. The molecule has 0 aliphatic carbocycles. The van der Waals surface area contributed by atoms with Gasteiger partial charge in [-0.05, 0) is 36.2 Å². The van der Waals surface area contributed by atoms with Crippen LogP contribution in [-0.4, -0.2) is 35.8 Å². The summed E-state index contributed by atoms with van der Waals surface area (Å²) >= 11 is 0. The van der Waals surface area contributed by atoms with Gasteiger partial charge in [0.05, 0.1) is 19.9 Å². The lowest BCUT2D eigenvalue weighted by Gasteiger charge is -2.10. The van der Waals surface area contributed by atoms with Gasteiger partial charge in [-0.2, -0.15) is 9.97 Å². The van der Waals surface area contributed by atoms with Crippen molar-refractivity contribution in [2.75, 3.05) is 26.1 Å². The SMILES string of the molecule is COc1ccc(CCNc2cc(-c3cccc(O)c3)nc(OC)n2)cc1.Cl. The first-order valence-corrected chi connectivity index (χ1v) is 8.27. The Morgan fingerprint density at radius 3 is 2.41 bits per heavy atom. The molecular weight excluding hydrogens is 366 g/mol. The average Bonchev–Trinajstić information content (AvgIpc) is 2.68. The van der Waals surface area contributed by atoms with Crippen LogP contribution in [0.3, 0.4) is 0 Å². The van der Waals surface area contributed by atoms with Crippen LogP contribution in [0.2, 0.25) is 0 Å². The monoisotopic (exact) mass is 387 g/mol. The lowest BCUT2D eigenvalue weighted by Crippen LogP contribution is -2.08. The van der Waals surface area contributed by atoms with Crippen LogP contribution in [-0.2, 0) is 6.42 Å². The normalized spacial score (nSPS) is 10.0. The molecule has 142 valence electrons. The average molecular weight is 388 g/mol. The zero-order valence-electron chi connectivity index (χ0n) is 15.2. The van der Waals surface area contributed by atoms with Crippen molar-refractivity contribution >= 4 is 18.2 Å². The van der Waals surface area contributed by atoms with Gasteiger partial charge in [-0.3, -0.25) is 0 Å². The molecule has 0 saturated carbocycles. The molecule has 1 aromatic heterocycles. The number of ether oxygens (including phenoxy) is 2. The summed E-state index contributed by atoms with van der Waals surface area (Å²) < 4.78 is 10.4. The van der Waals surface area contributed by atoms with E-state index in [1.165, 1.54) is 12.7 Å². The van der Waals surface area contributed by atoms with Crippen LogP contribution in [0.5, 0.6) is 17.5 Å². The summed E-state index contributed by atoms with van der Waals surface area (Å²) in [6.45, 7) is 0.714. The van der Waals surface area contributed by atoms with Gasteiger partial charge in [0.2, 0.25) is 0 Å². The van der Waals surface area contributed by atoms with E-state index in [-0.39, 0.29) is 24.2 Å². The Balaban J connectivity index is 0.00000261. The highest BCUT2D eigenvalue weighted by Gasteiger charge is 2.08. The Kier molecular flexibility index (Phi) is 7.25. The van der Waals surface area contributed by atoms with Crippen LogP contribution < -0.4 is 14.8 Å². The van der Waals surface area contributed by atoms with Crippen molar-refractivity contribution in [3.05, 3.63) is 60.2 Å². The molecule has 1 heterocycles. The molecule has 0 amide bonds. The molecule has 2 N–H and O–H groups in total. The lowest BCUT2D eigenvalue weighted by atomic mass is 10.1. The third-order valence-electron chi connectivity index (χ3n) is 3.91. The molecule has 6 nitrogen and oxygen atoms in total. The number of nitrogens with zero attached hydrogens (tertiary/aromatic N) is 2. The Bertz CT molecular complexity index is 873. The molecule has 0 atom stereocenters. The van der Waals surface area contributed by atoms with Crippen LogP contribution in [0, 0.1) is 0 Å². The van der Waals surface area contributed by atoms with Crippen molar-refractivity contribution in [1.29, 1.82) is 0 Å². The van der Waals surface area contributed by atoms with Crippen molar-refractivity contribution in [1.82, 2.24) is 9.97 Å². The maximum Gasteiger partial charge on any atom is 0.318 e. The highest BCUT2D eigenvalue weighted by atomic mass is 35.5. The molecule has 3 rings (SSSR count). The van der Waals surface area contributed by atoms with E-state index in [0.717, 1.165) is 17.7 Å². The van der Waals surface area contributed by atoms with Crippen LogP contribution in [0.15, 0.2) is 54.6 Å². The number of phenols is 1. The summed E-state index contributed by atoms with van der Waals surface area (Å²) in [5.74, 6) is 1.70. The van der Waals surface area contributed by atoms with E-state index in [0.29, 0.717) is 18.1 Å². The number of aromatic hydroxyl groups is 1. The second-order valence-electron chi connectivity index (χ2n) is 5.70. The standard InChI is InChI=1S/C20H21N3O3.ClH/c1-25-17-8-6-14(7-9-17)10-11-21-19-13-18(22-20(23-19)26-2)15-4-3-5-16(24)12-15;/h3-9,12-13,24H,10-11H2,1-2H3,(H,21,22,23);1H. The minimum Gasteiger partial charge on any atom is -0.508 e. The molecule has 3 aromatic rings. The predicted octanol–water partition coefficient (Wildman–Crippen LogP) is 3.94. The summed E-state index contributed by atoms with van der Waals surface area (Å²) in [5, 5.41) is 13.0. The summed E-state index contributed by atoms with van der Waals surface area (Å²) in [6.07, 6.45) is 0.845. The first-order valence-electron chi connectivity index (χ1n) is 8.27. The van der Waals surface area contributed by atoms with Gasteiger partial charge in [0.25, 0.3) is 0 Å². The molecule has 0 bridgehead atoms. The van der Waals surface area contributed by atoms with E-state index in [4.69, 9.17) is 9.47 Å². The number of aromatic nitrogens is 2. The van der Waals surface area contributed by atoms with Crippen molar-refractivity contribution in [3.63, 3.8) is 0 Å². The molecular formula is C20H22ClN3O3. The maximum absolute atomic E-state index is 9.68. The number of rotatable bonds is 7. The van der Waals surface area contributed by atoms with Crippen molar-refractivity contribution in [2.45, 2.75) is 6.42 Å². The third-order valence-corrected chi connectivity index (χ3v) is 3.91. The molecule has 0 aliphatic heterocycles. The minimum absolute atomic E-state index is 0. The molecule has 0 aliphatic rings. The highest BCUT2D eigenvalue weighted by molar-refractivity contribution is 5.85. The van der Waals surface area contributed by atoms with Gasteiger partial charge in [0, 0.05) is 18.2 Å². The molecule has 0 saturated heterocycles. The Morgan fingerprint density at radius 2 is 1.74 bits per heavy atom. The van der Waals surface area contributed by atoms with E-state index < -0.39 is 0 Å². The van der Waals surface area contributed by atoms with Crippen LogP contribution in [0.1, 0.15) is 5.56 Å². The third kappa shape index (κ3) is 5.49. The van der Waals surface area contributed by atoms with Crippen LogP contribution >= 0.6 is 12.4 Å². The number of benzene rings is 2. The number of anilines is 1. The Hall–Kier alpha value is -2.99. The predicted molar refractivity (Wildman–Crippen MR) is 108 cm³/mol. The molecule has 27 heavy (non-hydrogen) atoms. The summed E-state index contributed by atoms with van der Waals surface area (Å²) in [6, 6.07) is 17.0. The van der Waals surface area contributed by atoms with E-state index in [9.17, 15) is 5.11 Å². The maximum atomic E-state index is 9.68. The fourth-order valence-electron chi connectivity index (χ4n) is 2.55. The number of phenolic OH excluding ortho intramolecular Hbond substituents is 1. The largest absolute Gasteiger partial charge is 0.508 e. The molecule has 0 unspecified atom stereocenters. The number of halogens is 1. The quantitative estimate of drug-likeness (QED) is 0.639. The Labute approximate surface area is 164 Å². The smallest absolute Gasteiger partial charge is 0.318 e. The fourth-order valence-corrected chi connectivity index (χ4v) is 2.55. The Morgan fingerprint density at radius 1 is 0.963 bits per heavy atom. The van der Waals surface area contributed by atoms with Gasteiger partial charge >= 0.3 is 6.01 Å². The highest BCUT2D eigenvalue weighted by Crippen LogP contribution is 2.25. The van der Waals surface area contributed by atoms with E-state index in [1.54, 1.807) is 25.3 Å². The van der Waals surface area contributed by atoms with Gasteiger partial charge < -0.3 is 19.9 Å². The number of methoxy groups -OCH3 is 2. The van der Waals surface area contributed by atoms with E-state index in [2.05, 4.69) is 15.3 Å². The van der Waals surface area contributed by atoms with Gasteiger partial charge in [-0.1, -0.05) is 24.3 Å². The van der Waals surface area contributed by atoms with Crippen LogP contribution in [0.25, 0.3) is 11.3 Å². The number of hydrogen-bond donors (Lipinski definition) is 2. The van der Waals surface area contributed by atoms with Crippen LogP contribution in [0.4, 0.5) is 5.82 Å². The molecule has 0 fully saturated rings. The number of hydrogen-bond acceptors (Lipinski definition) is 6. The van der Waals surface area contributed by atoms with Crippen molar-refractivity contribution in [2.24, 2.45) is 0 Å². The first kappa shape index (κ1) is 20.3. The first-order chi connectivity index (χ1) is 12.7. The molecule has 0 spiro atoms.